The Morgan fingerprint density at radius 1 is 1.56 bits per heavy atom. The quantitative estimate of drug-likeness (QED) is 0.872. The summed E-state index contributed by atoms with van der Waals surface area (Å²) in [7, 11) is 1.68. The van der Waals surface area contributed by atoms with Crippen LogP contribution in [0.2, 0.25) is 0 Å². The van der Waals surface area contributed by atoms with Gasteiger partial charge >= 0.3 is 0 Å². The van der Waals surface area contributed by atoms with Crippen LogP contribution in [0.4, 0.5) is 0 Å². The maximum Gasteiger partial charge on any atom is 0.119 e. The molecule has 1 fully saturated rings. The van der Waals surface area contributed by atoms with Crippen LogP contribution in [0.25, 0.3) is 0 Å². The summed E-state index contributed by atoms with van der Waals surface area (Å²) in [5.41, 5.74) is 6.99. The zero-order chi connectivity index (χ0) is 11.5. The van der Waals surface area contributed by atoms with Crippen molar-refractivity contribution in [3.63, 3.8) is 0 Å². The maximum absolute atomic E-state index is 5.82. The van der Waals surface area contributed by atoms with Gasteiger partial charge in [0.05, 0.1) is 7.11 Å². The van der Waals surface area contributed by atoms with E-state index in [4.69, 9.17) is 10.5 Å². The first kappa shape index (κ1) is 11.9. The number of nitrogens with two attached hydrogens (primary N) is 1. The molecule has 1 aliphatic rings. The summed E-state index contributed by atoms with van der Waals surface area (Å²) < 4.78 is 6.32. The van der Waals surface area contributed by atoms with Crippen LogP contribution in [-0.2, 0) is 0 Å². The predicted molar refractivity (Wildman–Crippen MR) is 68.6 cm³/mol. The van der Waals surface area contributed by atoms with Crippen LogP contribution in [-0.4, -0.2) is 19.7 Å². The third-order valence-electron chi connectivity index (χ3n) is 2.83. The summed E-state index contributed by atoms with van der Waals surface area (Å²) in [6, 6.07) is 6.84. The van der Waals surface area contributed by atoms with E-state index in [0.29, 0.717) is 12.6 Å². The van der Waals surface area contributed by atoms with E-state index >= 15 is 0 Å². The largest absolute Gasteiger partial charge is 0.497 e. The molecule has 1 atom stereocenters. The second-order valence-corrected chi connectivity index (χ2v) is 4.97. The van der Waals surface area contributed by atoms with Crippen LogP contribution in [0.1, 0.15) is 24.4 Å². The fourth-order valence-corrected chi connectivity index (χ4v) is 2.26. The zero-order valence-corrected chi connectivity index (χ0v) is 11.0. The summed E-state index contributed by atoms with van der Waals surface area (Å²) in [4.78, 5) is 0. The Bertz CT molecular complexity index is 366. The lowest BCUT2D eigenvalue weighted by atomic mass is 10.1. The number of methoxy groups -OCH3 is 1. The Morgan fingerprint density at radius 3 is 2.88 bits per heavy atom. The molecule has 0 heterocycles. The predicted octanol–water partition coefficient (Wildman–Crippen LogP) is 2.21. The van der Waals surface area contributed by atoms with Crippen LogP contribution in [0.3, 0.4) is 0 Å². The second kappa shape index (κ2) is 5.17. The van der Waals surface area contributed by atoms with E-state index in [9.17, 15) is 0 Å². The topological polar surface area (TPSA) is 47.3 Å². The Labute approximate surface area is 104 Å². The molecule has 0 bridgehead atoms. The molecule has 0 radical (unpaired) electrons. The van der Waals surface area contributed by atoms with Gasteiger partial charge in [-0.3, -0.25) is 0 Å². The first-order valence-electron chi connectivity index (χ1n) is 5.54. The second-order valence-electron chi connectivity index (χ2n) is 4.12. The molecular weight excluding hydrogens is 268 g/mol. The van der Waals surface area contributed by atoms with Crippen LogP contribution in [0.5, 0.6) is 5.75 Å². The van der Waals surface area contributed by atoms with Gasteiger partial charge in [-0.25, -0.2) is 0 Å². The highest BCUT2D eigenvalue weighted by Gasteiger charge is 2.25. The monoisotopic (exact) mass is 284 g/mol. The molecule has 1 aliphatic carbocycles. The van der Waals surface area contributed by atoms with Crippen LogP contribution in [0, 0.1) is 0 Å². The van der Waals surface area contributed by atoms with E-state index in [0.717, 1.165) is 10.2 Å². The van der Waals surface area contributed by atoms with Gasteiger partial charge in [0.15, 0.2) is 0 Å². The van der Waals surface area contributed by atoms with Gasteiger partial charge < -0.3 is 15.8 Å². The molecule has 0 saturated heterocycles. The third kappa shape index (κ3) is 2.75. The molecule has 3 nitrogen and oxygen atoms in total. The molecular formula is C12H17BrN2O. The van der Waals surface area contributed by atoms with E-state index in [2.05, 4.69) is 21.2 Å². The molecule has 0 aromatic heterocycles. The number of benzene rings is 1. The Kier molecular flexibility index (Phi) is 3.84. The van der Waals surface area contributed by atoms with Crippen molar-refractivity contribution in [2.24, 2.45) is 5.73 Å². The Balaban J connectivity index is 2.20. The molecule has 88 valence electrons. The van der Waals surface area contributed by atoms with Crippen molar-refractivity contribution in [3.05, 3.63) is 28.2 Å². The van der Waals surface area contributed by atoms with Gasteiger partial charge in [0.1, 0.15) is 5.75 Å². The lowest BCUT2D eigenvalue weighted by Crippen LogP contribution is -2.30. The first-order chi connectivity index (χ1) is 7.74. The minimum atomic E-state index is 0.206. The number of rotatable bonds is 5. The van der Waals surface area contributed by atoms with Gasteiger partial charge in [-0.15, -0.1) is 0 Å². The average molecular weight is 285 g/mol. The molecule has 16 heavy (non-hydrogen) atoms. The molecule has 1 unspecified atom stereocenters. The number of ether oxygens (including phenoxy) is 1. The first-order valence-corrected chi connectivity index (χ1v) is 6.33. The van der Waals surface area contributed by atoms with E-state index in [1.807, 2.05) is 18.2 Å². The zero-order valence-electron chi connectivity index (χ0n) is 9.37. The molecule has 0 amide bonds. The van der Waals surface area contributed by atoms with Crippen molar-refractivity contribution >= 4 is 15.9 Å². The summed E-state index contributed by atoms with van der Waals surface area (Å²) >= 11 is 3.56. The van der Waals surface area contributed by atoms with Crippen LogP contribution < -0.4 is 15.8 Å². The summed E-state index contributed by atoms with van der Waals surface area (Å²) in [6.45, 7) is 0.599. The SMILES string of the molecule is COc1ccc(Br)c(C(CN)NC2CC2)c1. The number of hydrogen-bond donors (Lipinski definition) is 2. The molecule has 0 aliphatic heterocycles. The molecule has 1 aromatic carbocycles. The van der Waals surface area contributed by atoms with E-state index < -0.39 is 0 Å². The van der Waals surface area contributed by atoms with Crippen molar-refractivity contribution in [3.8, 4) is 5.75 Å². The maximum atomic E-state index is 5.82. The number of hydrogen-bond acceptors (Lipinski definition) is 3. The smallest absolute Gasteiger partial charge is 0.119 e. The third-order valence-corrected chi connectivity index (χ3v) is 3.55. The van der Waals surface area contributed by atoms with Gasteiger partial charge in [-0.1, -0.05) is 15.9 Å². The Morgan fingerprint density at radius 2 is 2.31 bits per heavy atom. The van der Waals surface area contributed by atoms with Crippen LogP contribution in [0.15, 0.2) is 22.7 Å². The molecule has 1 saturated carbocycles. The lowest BCUT2D eigenvalue weighted by molar-refractivity contribution is 0.412. The summed E-state index contributed by atoms with van der Waals surface area (Å²) in [6.07, 6.45) is 2.52. The van der Waals surface area contributed by atoms with Gasteiger partial charge in [-0.2, -0.15) is 0 Å². The Hall–Kier alpha value is -0.580. The van der Waals surface area contributed by atoms with Gasteiger partial charge in [-0.05, 0) is 36.6 Å². The highest BCUT2D eigenvalue weighted by Crippen LogP contribution is 2.30. The molecule has 2 rings (SSSR count). The highest BCUT2D eigenvalue weighted by molar-refractivity contribution is 9.10. The van der Waals surface area contributed by atoms with Gasteiger partial charge in [0.25, 0.3) is 0 Å². The average Bonchev–Trinajstić information content (AvgIpc) is 3.11. The van der Waals surface area contributed by atoms with Crippen molar-refractivity contribution in [1.82, 2.24) is 5.32 Å². The van der Waals surface area contributed by atoms with E-state index in [1.165, 1.54) is 18.4 Å². The molecule has 1 aromatic rings. The number of nitrogens with one attached hydrogen (secondary N) is 1. The minimum Gasteiger partial charge on any atom is -0.497 e. The van der Waals surface area contributed by atoms with Crippen molar-refractivity contribution in [1.29, 1.82) is 0 Å². The number of halogens is 1. The lowest BCUT2D eigenvalue weighted by Gasteiger charge is -2.19. The molecule has 4 heteroatoms. The minimum absolute atomic E-state index is 0.206. The normalized spacial score (nSPS) is 17.2. The van der Waals surface area contributed by atoms with Gasteiger partial charge in [0, 0.05) is 23.1 Å². The standard InChI is InChI=1S/C12H17BrN2O/c1-16-9-4-5-11(13)10(6-9)12(7-14)15-8-2-3-8/h4-6,8,12,15H,2-3,7,14H2,1H3. The van der Waals surface area contributed by atoms with E-state index in [1.54, 1.807) is 7.11 Å². The molecule has 0 spiro atoms. The van der Waals surface area contributed by atoms with Crippen molar-refractivity contribution in [2.75, 3.05) is 13.7 Å². The van der Waals surface area contributed by atoms with Gasteiger partial charge in [0.2, 0.25) is 0 Å². The summed E-state index contributed by atoms with van der Waals surface area (Å²) in [5, 5.41) is 3.54. The van der Waals surface area contributed by atoms with Crippen molar-refractivity contribution < 1.29 is 4.74 Å². The van der Waals surface area contributed by atoms with Crippen molar-refractivity contribution in [2.45, 2.75) is 24.9 Å². The highest BCUT2D eigenvalue weighted by atomic mass is 79.9. The molecule has 3 N–H and O–H groups in total. The fraction of sp³-hybridized carbons (Fsp3) is 0.500. The van der Waals surface area contributed by atoms with E-state index in [-0.39, 0.29) is 6.04 Å². The summed E-state index contributed by atoms with van der Waals surface area (Å²) in [5.74, 6) is 0.870. The fourth-order valence-electron chi connectivity index (χ4n) is 1.74. The van der Waals surface area contributed by atoms with Crippen LogP contribution >= 0.6 is 15.9 Å².